The molecule has 1 aromatic rings. The summed E-state index contributed by atoms with van der Waals surface area (Å²) in [6.45, 7) is 0. The Morgan fingerprint density at radius 1 is 1.06 bits per heavy atom. The summed E-state index contributed by atoms with van der Waals surface area (Å²) in [5.74, 6) is 0.298. The SMILES string of the molecule is O=C1CC[C@@]2(CCC(=O)c3ccccc32)N1. The first-order valence-corrected chi connectivity index (χ1v) is 5.65. The second-order valence-electron chi connectivity index (χ2n) is 4.60. The van der Waals surface area contributed by atoms with Crippen LogP contribution in [-0.2, 0) is 10.3 Å². The van der Waals surface area contributed by atoms with Gasteiger partial charge in [-0.05, 0) is 18.4 Å². The van der Waals surface area contributed by atoms with Crippen molar-refractivity contribution < 1.29 is 9.59 Å². The molecule has 1 aliphatic carbocycles. The molecule has 16 heavy (non-hydrogen) atoms. The fourth-order valence-electron chi connectivity index (χ4n) is 2.85. The highest BCUT2D eigenvalue weighted by atomic mass is 16.2. The Morgan fingerprint density at radius 2 is 1.81 bits per heavy atom. The molecule has 1 heterocycles. The monoisotopic (exact) mass is 215 g/mol. The number of rotatable bonds is 0. The number of hydrogen-bond donors (Lipinski definition) is 1. The van der Waals surface area contributed by atoms with Crippen LogP contribution in [0.4, 0.5) is 0 Å². The highest BCUT2D eigenvalue weighted by Crippen LogP contribution is 2.41. The van der Waals surface area contributed by atoms with Crippen molar-refractivity contribution in [2.45, 2.75) is 31.2 Å². The number of carbonyl (C=O) groups is 2. The normalized spacial score (nSPS) is 28.0. The van der Waals surface area contributed by atoms with Gasteiger partial charge in [0.15, 0.2) is 5.78 Å². The second kappa shape index (κ2) is 3.17. The number of fused-ring (bicyclic) bond motifs is 2. The van der Waals surface area contributed by atoms with Crippen LogP contribution in [0.1, 0.15) is 41.6 Å². The van der Waals surface area contributed by atoms with Crippen molar-refractivity contribution in [1.82, 2.24) is 5.32 Å². The van der Waals surface area contributed by atoms with Crippen molar-refractivity contribution in [3.8, 4) is 0 Å². The lowest BCUT2D eigenvalue weighted by Crippen LogP contribution is -2.42. The molecule has 1 atom stereocenters. The van der Waals surface area contributed by atoms with Crippen molar-refractivity contribution in [3.63, 3.8) is 0 Å². The van der Waals surface area contributed by atoms with E-state index in [1.807, 2.05) is 24.3 Å². The van der Waals surface area contributed by atoms with Crippen LogP contribution in [0.5, 0.6) is 0 Å². The minimum absolute atomic E-state index is 0.101. The summed E-state index contributed by atoms with van der Waals surface area (Å²) in [5, 5.41) is 3.05. The van der Waals surface area contributed by atoms with Crippen LogP contribution in [0.15, 0.2) is 24.3 Å². The maximum Gasteiger partial charge on any atom is 0.220 e. The van der Waals surface area contributed by atoms with Gasteiger partial charge >= 0.3 is 0 Å². The maximum atomic E-state index is 11.8. The molecule has 0 radical (unpaired) electrons. The van der Waals surface area contributed by atoms with Gasteiger partial charge in [-0.2, -0.15) is 0 Å². The Bertz CT molecular complexity index is 481. The summed E-state index contributed by atoms with van der Waals surface area (Å²) in [6.07, 6.45) is 2.67. The zero-order valence-corrected chi connectivity index (χ0v) is 8.95. The van der Waals surface area contributed by atoms with Gasteiger partial charge in [-0.3, -0.25) is 9.59 Å². The van der Waals surface area contributed by atoms with Crippen molar-refractivity contribution in [1.29, 1.82) is 0 Å². The quantitative estimate of drug-likeness (QED) is 0.717. The molecule has 2 aliphatic rings. The highest BCUT2D eigenvalue weighted by molar-refractivity contribution is 5.99. The molecule has 0 unspecified atom stereocenters. The molecule has 3 nitrogen and oxygen atoms in total. The van der Waals surface area contributed by atoms with Gasteiger partial charge in [0.1, 0.15) is 0 Å². The predicted molar refractivity (Wildman–Crippen MR) is 59.1 cm³/mol. The van der Waals surface area contributed by atoms with Crippen molar-refractivity contribution in [2.75, 3.05) is 0 Å². The Hall–Kier alpha value is -1.64. The van der Waals surface area contributed by atoms with E-state index >= 15 is 0 Å². The number of hydrogen-bond acceptors (Lipinski definition) is 2. The first-order chi connectivity index (χ1) is 7.71. The van der Waals surface area contributed by atoms with Crippen LogP contribution in [0.2, 0.25) is 0 Å². The molecule has 1 amide bonds. The third-order valence-corrected chi connectivity index (χ3v) is 3.68. The third kappa shape index (κ3) is 1.21. The lowest BCUT2D eigenvalue weighted by Gasteiger charge is -2.34. The van der Waals surface area contributed by atoms with E-state index in [4.69, 9.17) is 0 Å². The molecule has 0 bridgehead atoms. The fraction of sp³-hybridized carbons (Fsp3) is 0.385. The van der Waals surface area contributed by atoms with Crippen molar-refractivity contribution in [3.05, 3.63) is 35.4 Å². The predicted octanol–water partition coefficient (Wildman–Crippen LogP) is 1.77. The lowest BCUT2D eigenvalue weighted by atomic mass is 9.75. The van der Waals surface area contributed by atoms with Gasteiger partial charge in [0.2, 0.25) is 5.91 Å². The lowest BCUT2D eigenvalue weighted by molar-refractivity contribution is -0.119. The summed E-state index contributed by atoms with van der Waals surface area (Å²) < 4.78 is 0. The molecule has 3 rings (SSSR count). The molecular formula is C13H13NO2. The van der Waals surface area contributed by atoms with Gasteiger partial charge < -0.3 is 5.32 Å². The zero-order valence-electron chi connectivity index (χ0n) is 8.95. The van der Waals surface area contributed by atoms with Crippen LogP contribution in [0.3, 0.4) is 0 Å². The Kier molecular flexibility index (Phi) is 1.90. The number of amides is 1. The Morgan fingerprint density at radius 3 is 2.56 bits per heavy atom. The number of benzene rings is 1. The molecule has 0 saturated carbocycles. The van der Waals surface area contributed by atoms with Gasteiger partial charge in [-0.1, -0.05) is 24.3 Å². The molecule has 1 aliphatic heterocycles. The zero-order chi connectivity index (χ0) is 11.2. The molecule has 1 spiro atoms. The van der Waals surface area contributed by atoms with E-state index < -0.39 is 0 Å². The average Bonchev–Trinajstić information content (AvgIpc) is 2.68. The Balaban J connectivity index is 2.14. The molecule has 0 aromatic heterocycles. The van der Waals surface area contributed by atoms with E-state index in [1.54, 1.807) is 0 Å². The summed E-state index contributed by atoms with van der Waals surface area (Å²) in [6, 6.07) is 7.65. The second-order valence-corrected chi connectivity index (χ2v) is 4.60. The van der Waals surface area contributed by atoms with Gasteiger partial charge in [0, 0.05) is 18.4 Å². The summed E-state index contributed by atoms with van der Waals surface area (Å²) in [5.41, 5.74) is 1.54. The molecule has 3 heteroatoms. The van der Waals surface area contributed by atoms with E-state index in [-0.39, 0.29) is 17.2 Å². The summed E-state index contributed by atoms with van der Waals surface area (Å²) >= 11 is 0. The van der Waals surface area contributed by atoms with Gasteiger partial charge in [-0.15, -0.1) is 0 Å². The molecular weight excluding hydrogens is 202 g/mol. The van der Waals surface area contributed by atoms with Crippen LogP contribution in [0, 0.1) is 0 Å². The number of ketones is 1. The van der Waals surface area contributed by atoms with E-state index in [1.165, 1.54) is 0 Å². The van der Waals surface area contributed by atoms with E-state index in [0.717, 1.165) is 24.0 Å². The minimum atomic E-state index is -0.262. The van der Waals surface area contributed by atoms with E-state index in [2.05, 4.69) is 5.32 Å². The summed E-state index contributed by atoms with van der Waals surface area (Å²) in [4.78, 5) is 23.2. The molecule has 1 saturated heterocycles. The number of Topliss-reactive ketones (excluding diaryl/α,β-unsaturated/α-hetero) is 1. The average molecular weight is 215 g/mol. The number of nitrogens with one attached hydrogen (secondary N) is 1. The minimum Gasteiger partial charge on any atom is -0.347 e. The maximum absolute atomic E-state index is 11.8. The first kappa shape index (κ1) is 9.58. The van der Waals surface area contributed by atoms with E-state index in [9.17, 15) is 9.59 Å². The van der Waals surface area contributed by atoms with Crippen molar-refractivity contribution >= 4 is 11.7 Å². The molecule has 1 N–H and O–H groups in total. The van der Waals surface area contributed by atoms with Gasteiger partial charge in [-0.25, -0.2) is 0 Å². The molecule has 1 fully saturated rings. The molecule has 1 aromatic carbocycles. The van der Waals surface area contributed by atoms with Gasteiger partial charge in [0.25, 0.3) is 0 Å². The van der Waals surface area contributed by atoms with Crippen LogP contribution in [0.25, 0.3) is 0 Å². The van der Waals surface area contributed by atoms with Crippen LogP contribution < -0.4 is 5.32 Å². The standard InChI is InChI=1S/C13H13NO2/c15-11-5-7-13(8-6-12(16)14-13)10-4-2-1-3-9(10)11/h1-4H,5-8H2,(H,14,16)/t13-/m1/s1. The highest BCUT2D eigenvalue weighted by Gasteiger charge is 2.43. The van der Waals surface area contributed by atoms with Gasteiger partial charge in [0.05, 0.1) is 5.54 Å². The topological polar surface area (TPSA) is 46.2 Å². The summed E-state index contributed by atoms with van der Waals surface area (Å²) in [7, 11) is 0. The fourth-order valence-corrected chi connectivity index (χ4v) is 2.85. The van der Waals surface area contributed by atoms with Crippen LogP contribution in [-0.4, -0.2) is 11.7 Å². The largest absolute Gasteiger partial charge is 0.347 e. The van der Waals surface area contributed by atoms with Crippen molar-refractivity contribution in [2.24, 2.45) is 0 Å². The first-order valence-electron chi connectivity index (χ1n) is 5.65. The Labute approximate surface area is 93.8 Å². The molecule has 82 valence electrons. The number of carbonyl (C=O) groups excluding carboxylic acids is 2. The third-order valence-electron chi connectivity index (χ3n) is 3.68. The smallest absolute Gasteiger partial charge is 0.220 e. The van der Waals surface area contributed by atoms with E-state index in [0.29, 0.717) is 12.8 Å². The van der Waals surface area contributed by atoms with Crippen LogP contribution >= 0.6 is 0 Å².